The van der Waals surface area contributed by atoms with Crippen LogP contribution in [0.4, 0.5) is 22.0 Å². The van der Waals surface area contributed by atoms with Gasteiger partial charge in [0.15, 0.2) is 11.6 Å². The Labute approximate surface area is 229 Å². The van der Waals surface area contributed by atoms with E-state index >= 15 is 4.39 Å². The van der Waals surface area contributed by atoms with Crippen molar-refractivity contribution in [2.45, 2.75) is 36.6 Å². The van der Waals surface area contributed by atoms with E-state index in [1.54, 1.807) is 6.92 Å². The maximum Gasteiger partial charge on any atom is 0.416 e. The number of methoxy groups -OCH3 is 1. The van der Waals surface area contributed by atoms with E-state index in [9.17, 15) is 22.4 Å². The molecule has 0 spiro atoms. The van der Waals surface area contributed by atoms with Gasteiger partial charge in [0, 0.05) is 23.3 Å². The maximum absolute atomic E-state index is 15.5. The molecule has 2 aromatic carbocycles. The van der Waals surface area contributed by atoms with Crippen molar-refractivity contribution in [3.8, 4) is 16.9 Å². The van der Waals surface area contributed by atoms with Crippen LogP contribution >= 0.6 is 23.1 Å². The zero-order valence-corrected chi connectivity index (χ0v) is 22.4. The number of hydrogen-bond acceptors (Lipinski definition) is 5. The molecule has 4 nitrogen and oxygen atoms in total. The molecule has 2 N–H and O–H groups in total. The molecule has 0 amide bonds. The number of ether oxygens (including phenoxy) is 1. The molecule has 0 saturated carbocycles. The molecule has 2 atom stereocenters. The summed E-state index contributed by atoms with van der Waals surface area (Å²) >= 11 is 2.72. The van der Waals surface area contributed by atoms with E-state index in [0.717, 1.165) is 23.8 Å². The van der Waals surface area contributed by atoms with E-state index in [0.29, 0.717) is 16.3 Å². The zero-order chi connectivity index (χ0) is 28.1. The van der Waals surface area contributed by atoms with Gasteiger partial charge in [0.05, 0.1) is 35.3 Å². The Morgan fingerprint density at radius 3 is 2.54 bits per heavy atom. The molecule has 39 heavy (non-hydrogen) atoms. The summed E-state index contributed by atoms with van der Waals surface area (Å²) in [4.78, 5) is 14.1. The van der Waals surface area contributed by atoms with Crippen LogP contribution in [0, 0.1) is 18.6 Å². The molecule has 0 bridgehead atoms. The minimum atomic E-state index is -4.79. The molecule has 0 saturated heterocycles. The molecule has 0 fully saturated rings. The number of aromatic nitrogens is 1. The summed E-state index contributed by atoms with van der Waals surface area (Å²) in [5.41, 5.74) is 5.70. The van der Waals surface area contributed by atoms with Crippen molar-refractivity contribution in [2.75, 3.05) is 12.9 Å². The average molecular weight is 579 g/mol. The normalized spacial score (nSPS) is 15.8. The predicted molar refractivity (Wildman–Crippen MR) is 143 cm³/mol. The Hall–Kier alpha value is -3.15. The molecule has 1 aliphatic heterocycles. The van der Waals surface area contributed by atoms with Gasteiger partial charge >= 0.3 is 6.18 Å². The van der Waals surface area contributed by atoms with Crippen LogP contribution < -0.4 is 16.0 Å². The van der Waals surface area contributed by atoms with Crippen LogP contribution in [0.5, 0.6) is 5.75 Å². The molecule has 1 aliphatic rings. The van der Waals surface area contributed by atoms with Gasteiger partial charge in [-0.2, -0.15) is 24.5 Å². The lowest BCUT2D eigenvalue weighted by Crippen LogP contribution is -2.33. The molecule has 11 heteroatoms. The Balaban J connectivity index is 1.79. The molecule has 0 aliphatic carbocycles. The van der Waals surface area contributed by atoms with Crippen molar-refractivity contribution in [1.82, 2.24) is 4.57 Å². The second kappa shape index (κ2) is 10.4. The lowest BCUT2D eigenvalue weighted by atomic mass is 9.92. The van der Waals surface area contributed by atoms with Crippen molar-refractivity contribution in [1.29, 1.82) is 0 Å². The van der Waals surface area contributed by atoms with Crippen LogP contribution in [0.2, 0.25) is 0 Å². The molecule has 5 rings (SSSR count). The third kappa shape index (κ3) is 4.76. The van der Waals surface area contributed by atoms with Crippen LogP contribution in [-0.4, -0.2) is 17.4 Å². The van der Waals surface area contributed by atoms with Gasteiger partial charge in [-0.1, -0.05) is 18.2 Å². The minimum Gasteiger partial charge on any atom is -0.494 e. The van der Waals surface area contributed by atoms with Gasteiger partial charge in [-0.05, 0) is 58.6 Å². The quantitative estimate of drug-likeness (QED) is 0.248. The number of nitrogens with two attached hydrogens (primary N) is 1. The smallest absolute Gasteiger partial charge is 0.416 e. The van der Waals surface area contributed by atoms with Crippen molar-refractivity contribution in [3.05, 3.63) is 103 Å². The SMILES string of the molecule is COc1cccc(-c2c(C)c(Cc3c(F)cccc3C(F)(F)F)c3n(c2=O)[C@@H](C(N)c2ccsc2)CS3)c1F. The first kappa shape index (κ1) is 27.4. The molecule has 204 valence electrons. The van der Waals surface area contributed by atoms with E-state index in [-0.39, 0.29) is 22.4 Å². The van der Waals surface area contributed by atoms with Gasteiger partial charge in [0.2, 0.25) is 0 Å². The summed E-state index contributed by atoms with van der Waals surface area (Å²) in [5, 5.41) is 4.12. The summed E-state index contributed by atoms with van der Waals surface area (Å²) in [5.74, 6) is -1.52. The molecule has 1 unspecified atom stereocenters. The van der Waals surface area contributed by atoms with Crippen molar-refractivity contribution < 1.29 is 26.7 Å². The first-order valence-electron chi connectivity index (χ1n) is 11.9. The van der Waals surface area contributed by atoms with Gasteiger partial charge in [-0.25, -0.2) is 8.78 Å². The van der Waals surface area contributed by atoms with Crippen LogP contribution in [0.1, 0.15) is 39.9 Å². The highest BCUT2D eigenvalue weighted by Gasteiger charge is 2.38. The molecule has 4 aromatic rings. The fraction of sp³-hybridized carbons (Fsp3) is 0.250. The van der Waals surface area contributed by atoms with Gasteiger partial charge in [0.25, 0.3) is 5.56 Å². The fourth-order valence-electron chi connectivity index (χ4n) is 5.05. The molecular formula is C28H23F5N2O2S2. The average Bonchev–Trinajstić information content (AvgIpc) is 3.58. The number of thiophene rings is 1. The van der Waals surface area contributed by atoms with Crippen LogP contribution in [-0.2, 0) is 12.6 Å². The second-order valence-corrected chi connectivity index (χ2v) is 11.0. The van der Waals surface area contributed by atoms with Crippen molar-refractivity contribution >= 4 is 23.1 Å². The molecule has 3 heterocycles. The van der Waals surface area contributed by atoms with Crippen LogP contribution in [0.3, 0.4) is 0 Å². The largest absolute Gasteiger partial charge is 0.494 e. The van der Waals surface area contributed by atoms with E-state index < -0.39 is 53.0 Å². The summed E-state index contributed by atoms with van der Waals surface area (Å²) in [7, 11) is 1.29. The Morgan fingerprint density at radius 1 is 1.13 bits per heavy atom. The summed E-state index contributed by atoms with van der Waals surface area (Å²) in [6, 6.07) is 7.84. The molecular weight excluding hydrogens is 555 g/mol. The Kier molecular flexibility index (Phi) is 7.34. The minimum absolute atomic E-state index is 0.0277. The number of nitrogens with zero attached hydrogens (tertiary/aromatic N) is 1. The fourth-order valence-corrected chi connectivity index (χ4v) is 7.19. The first-order valence-corrected chi connectivity index (χ1v) is 13.8. The third-order valence-corrected chi connectivity index (χ3v) is 8.96. The Morgan fingerprint density at radius 2 is 1.87 bits per heavy atom. The predicted octanol–water partition coefficient (Wildman–Crippen LogP) is 7.13. The van der Waals surface area contributed by atoms with E-state index in [1.165, 1.54) is 53.0 Å². The van der Waals surface area contributed by atoms with E-state index in [1.807, 2.05) is 16.8 Å². The highest BCUT2D eigenvalue weighted by Crippen LogP contribution is 2.45. The molecule has 2 aromatic heterocycles. The molecule has 0 radical (unpaired) electrons. The van der Waals surface area contributed by atoms with E-state index in [2.05, 4.69) is 0 Å². The van der Waals surface area contributed by atoms with E-state index in [4.69, 9.17) is 10.5 Å². The summed E-state index contributed by atoms with van der Waals surface area (Å²) in [6.45, 7) is 1.55. The first-order chi connectivity index (χ1) is 18.5. The maximum atomic E-state index is 15.5. The summed E-state index contributed by atoms with van der Waals surface area (Å²) < 4.78 is 78.6. The standard InChI is InChI=1S/C28H23F5N2O2S2/c1-14-17(11-18-19(28(31,32)33)6-4-7-20(18)29)27-35(21(13-39-27)25(34)15-9-10-38-12-15)26(36)23(14)16-5-3-8-22(37-2)24(16)30/h3-10,12,21,25H,11,13,34H2,1-2H3/t21-,25?/m1/s1. The monoisotopic (exact) mass is 578 g/mol. The van der Waals surface area contributed by atoms with Gasteiger partial charge < -0.3 is 10.5 Å². The van der Waals surface area contributed by atoms with Gasteiger partial charge in [-0.15, -0.1) is 11.8 Å². The number of benzene rings is 2. The number of fused-ring (bicyclic) bond motifs is 1. The number of halogens is 5. The lowest BCUT2D eigenvalue weighted by Gasteiger charge is -2.24. The van der Waals surface area contributed by atoms with Gasteiger partial charge in [-0.3, -0.25) is 9.36 Å². The highest BCUT2D eigenvalue weighted by molar-refractivity contribution is 7.99. The summed E-state index contributed by atoms with van der Waals surface area (Å²) in [6.07, 6.45) is -5.24. The van der Waals surface area contributed by atoms with Crippen LogP contribution in [0.15, 0.2) is 63.0 Å². The van der Waals surface area contributed by atoms with Crippen LogP contribution in [0.25, 0.3) is 11.1 Å². The second-order valence-electron chi connectivity index (χ2n) is 9.18. The lowest BCUT2D eigenvalue weighted by molar-refractivity contribution is -0.138. The number of thioether (sulfide) groups is 1. The van der Waals surface area contributed by atoms with Gasteiger partial charge in [0.1, 0.15) is 5.82 Å². The topological polar surface area (TPSA) is 57.2 Å². The number of rotatable bonds is 6. The van der Waals surface area contributed by atoms with Crippen molar-refractivity contribution in [3.63, 3.8) is 0 Å². The zero-order valence-electron chi connectivity index (χ0n) is 20.8. The third-order valence-electron chi connectivity index (χ3n) is 7.03. The Bertz CT molecular complexity index is 1600. The highest BCUT2D eigenvalue weighted by atomic mass is 32.2. The number of alkyl halides is 3. The van der Waals surface area contributed by atoms with Crippen molar-refractivity contribution in [2.24, 2.45) is 5.73 Å². The number of hydrogen-bond donors (Lipinski definition) is 1. The number of pyridine rings is 1.